The third kappa shape index (κ3) is 5.59. The smallest absolute Gasteiger partial charge is 0.159 e. The third-order valence-corrected chi connectivity index (χ3v) is 5.22. The zero-order valence-electron chi connectivity index (χ0n) is 16.7. The molecule has 2 aromatic rings. The van der Waals surface area contributed by atoms with Crippen LogP contribution >= 0.6 is 0 Å². The Labute approximate surface area is 165 Å². The van der Waals surface area contributed by atoms with E-state index in [0.717, 1.165) is 49.6 Å². The van der Waals surface area contributed by atoms with Crippen LogP contribution in [0.3, 0.4) is 0 Å². The second-order valence-corrected chi connectivity index (χ2v) is 8.10. The minimum Gasteiger partial charge on any atom is -0.396 e. The molecule has 5 nitrogen and oxygen atoms in total. The molecule has 1 aliphatic heterocycles. The zero-order chi connectivity index (χ0) is 20.1. The van der Waals surface area contributed by atoms with Gasteiger partial charge in [0.05, 0.1) is 5.69 Å². The van der Waals surface area contributed by atoms with Gasteiger partial charge in [-0.2, -0.15) is 5.10 Å². The van der Waals surface area contributed by atoms with E-state index in [0.29, 0.717) is 18.9 Å². The van der Waals surface area contributed by atoms with Crippen molar-refractivity contribution in [3.05, 3.63) is 52.9 Å². The summed E-state index contributed by atoms with van der Waals surface area (Å²) in [4.78, 5) is 4.60. The molecule has 1 fully saturated rings. The number of aliphatic hydroxyl groups is 1. The first-order chi connectivity index (χ1) is 13.4. The Bertz CT molecular complexity index is 765. The van der Waals surface area contributed by atoms with Crippen LogP contribution < -0.4 is 0 Å². The highest BCUT2D eigenvalue weighted by Gasteiger charge is 2.27. The van der Waals surface area contributed by atoms with Gasteiger partial charge in [-0.15, -0.1) is 0 Å². The van der Waals surface area contributed by atoms with Crippen molar-refractivity contribution in [1.82, 2.24) is 20.0 Å². The van der Waals surface area contributed by atoms with Crippen LogP contribution in [0.1, 0.15) is 37.2 Å². The standard InChI is InChI=1S/C21H30F2N4O/c1-15(2)9-17-11-18(25-24-17)13-26-6-7-27(19(14-26)5-8-28)12-16-3-4-20(22)21(23)10-16/h3-4,10-11,15,19,28H,5-9,12-14H2,1-2H3,(H,24,25)/t19-/m1/s1. The molecule has 2 heterocycles. The van der Waals surface area contributed by atoms with Gasteiger partial charge < -0.3 is 5.11 Å². The first-order valence-electron chi connectivity index (χ1n) is 9.99. The summed E-state index contributed by atoms with van der Waals surface area (Å²) in [5.41, 5.74) is 2.95. The number of hydrogen-bond acceptors (Lipinski definition) is 4. The molecule has 28 heavy (non-hydrogen) atoms. The number of rotatable bonds is 8. The molecule has 0 unspecified atom stereocenters. The number of nitrogens with one attached hydrogen (secondary N) is 1. The van der Waals surface area contributed by atoms with Gasteiger partial charge in [-0.05, 0) is 42.5 Å². The van der Waals surface area contributed by atoms with Crippen LogP contribution in [-0.2, 0) is 19.5 Å². The summed E-state index contributed by atoms with van der Waals surface area (Å²) < 4.78 is 26.7. The number of halogens is 2. The average Bonchev–Trinajstić information content (AvgIpc) is 3.06. The predicted molar refractivity (Wildman–Crippen MR) is 105 cm³/mol. The SMILES string of the molecule is CC(C)Cc1cc(CN2CCN(Cc3ccc(F)c(F)c3)[C@H](CCO)C2)[nH]n1. The predicted octanol–water partition coefficient (Wildman–Crippen LogP) is 2.96. The number of H-pyrrole nitrogens is 1. The van der Waals surface area contributed by atoms with Crippen LogP contribution in [0.15, 0.2) is 24.3 Å². The Hall–Kier alpha value is -1.83. The molecule has 1 aliphatic rings. The van der Waals surface area contributed by atoms with E-state index in [1.807, 2.05) is 0 Å². The van der Waals surface area contributed by atoms with Gasteiger partial charge in [0.1, 0.15) is 0 Å². The summed E-state index contributed by atoms with van der Waals surface area (Å²) in [5.74, 6) is -1.06. The fraction of sp³-hybridized carbons (Fsp3) is 0.571. The number of aromatic amines is 1. The van der Waals surface area contributed by atoms with Gasteiger partial charge in [-0.25, -0.2) is 8.78 Å². The average molecular weight is 392 g/mol. The Morgan fingerprint density at radius 3 is 2.71 bits per heavy atom. The van der Waals surface area contributed by atoms with E-state index in [1.54, 1.807) is 6.07 Å². The fourth-order valence-electron chi connectivity index (χ4n) is 3.86. The zero-order valence-corrected chi connectivity index (χ0v) is 16.7. The van der Waals surface area contributed by atoms with Gasteiger partial charge in [0, 0.05) is 51.1 Å². The van der Waals surface area contributed by atoms with Crippen molar-refractivity contribution in [3.8, 4) is 0 Å². The minimum atomic E-state index is -0.822. The highest BCUT2D eigenvalue weighted by atomic mass is 19.2. The Morgan fingerprint density at radius 1 is 1.18 bits per heavy atom. The summed E-state index contributed by atoms with van der Waals surface area (Å²) in [6.45, 7) is 8.34. The first-order valence-corrected chi connectivity index (χ1v) is 9.99. The summed E-state index contributed by atoms with van der Waals surface area (Å²) in [7, 11) is 0. The van der Waals surface area contributed by atoms with Crippen LogP contribution in [0.4, 0.5) is 8.78 Å². The fourth-order valence-corrected chi connectivity index (χ4v) is 3.86. The molecule has 0 aliphatic carbocycles. The van der Waals surface area contributed by atoms with Crippen molar-refractivity contribution < 1.29 is 13.9 Å². The second-order valence-electron chi connectivity index (χ2n) is 8.10. The van der Waals surface area contributed by atoms with Crippen molar-refractivity contribution in [2.45, 2.75) is 45.8 Å². The van der Waals surface area contributed by atoms with Crippen molar-refractivity contribution in [1.29, 1.82) is 0 Å². The van der Waals surface area contributed by atoms with Gasteiger partial charge in [-0.3, -0.25) is 14.9 Å². The van der Waals surface area contributed by atoms with Crippen molar-refractivity contribution >= 4 is 0 Å². The molecular weight excluding hydrogens is 362 g/mol. The molecule has 3 rings (SSSR count). The molecule has 0 radical (unpaired) electrons. The lowest BCUT2D eigenvalue weighted by molar-refractivity contribution is 0.0493. The van der Waals surface area contributed by atoms with E-state index < -0.39 is 11.6 Å². The number of aliphatic hydroxyl groups excluding tert-OH is 1. The highest BCUT2D eigenvalue weighted by molar-refractivity contribution is 5.18. The number of aromatic nitrogens is 2. The molecule has 0 bridgehead atoms. The normalized spacial score (nSPS) is 18.9. The largest absolute Gasteiger partial charge is 0.396 e. The van der Waals surface area contributed by atoms with Gasteiger partial charge in [0.25, 0.3) is 0 Å². The maximum Gasteiger partial charge on any atom is 0.159 e. The maximum atomic E-state index is 13.5. The summed E-state index contributed by atoms with van der Waals surface area (Å²) in [6.07, 6.45) is 1.62. The van der Waals surface area contributed by atoms with Gasteiger partial charge in [0.2, 0.25) is 0 Å². The Morgan fingerprint density at radius 2 is 2.00 bits per heavy atom. The number of benzene rings is 1. The molecule has 0 saturated carbocycles. The first kappa shape index (κ1) is 20.9. The summed E-state index contributed by atoms with van der Waals surface area (Å²) >= 11 is 0. The highest BCUT2D eigenvalue weighted by Crippen LogP contribution is 2.19. The van der Waals surface area contributed by atoms with E-state index in [-0.39, 0.29) is 12.6 Å². The van der Waals surface area contributed by atoms with Crippen LogP contribution in [0.2, 0.25) is 0 Å². The quantitative estimate of drug-likeness (QED) is 0.725. The third-order valence-electron chi connectivity index (χ3n) is 5.22. The molecule has 0 spiro atoms. The number of piperazine rings is 1. The Balaban J connectivity index is 1.60. The van der Waals surface area contributed by atoms with Gasteiger partial charge >= 0.3 is 0 Å². The van der Waals surface area contributed by atoms with Crippen LogP contribution in [-0.4, -0.2) is 57.4 Å². The Kier molecular flexibility index (Phi) is 7.15. The molecule has 7 heteroatoms. The van der Waals surface area contributed by atoms with Gasteiger partial charge in [-0.1, -0.05) is 19.9 Å². The maximum absolute atomic E-state index is 13.5. The number of nitrogens with zero attached hydrogens (tertiary/aromatic N) is 3. The lowest BCUT2D eigenvalue weighted by atomic mass is 10.1. The van der Waals surface area contributed by atoms with Crippen LogP contribution in [0.25, 0.3) is 0 Å². The van der Waals surface area contributed by atoms with E-state index in [1.165, 1.54) is 12.1 Å². The molecular formula is C21H30F2N4O. The van der Waals surface area contributed by atoms with Crippen molar-refractivity contribution in [2.75, 3.05) is 26.2 Å². The van der Waals surface area contributed by atoms with Crippen LogP contribution in [0, 0.1) is 17.6 Å². The van der Waals surface area contributed by atoms with E-state index in [9.17, 15) is 13.9 Å². The topological polar surface area (TPSA) is 55.4 Å². The molecule has 1 aromatic carbocycles. The number of hydrogen-bond donors (Lipinski definition) is 2. The van der Waals surface area contributed by atoms with Crippen molar-refractivity contribution in [3.63, 3.8) is 0 Å². The van der Waals surface area contributed by atoms with Crippen molar-refractivity contribution in [2.24, 2.45) is 5.92 Å². The van der Waals surface area contributed by atoms with E-state index >= 15 is 0 Å². The van der Waals surface area contributed by atoms with E-state index in [2.05, 4.69) is 39.9 Å². The lowest BCUT2D eigenvalue weighted by Gasteiger charge is -2.41. The molecule has 1 atom stereocenters. The minimum absolute atomic E-state index is 0.107. The molecule has 1 saturated heterocycles. The molecule has 0 amide bonds. The monoisotopic (exact) mass is 392 g/mol. The van der Waals surface area contributed by atoms with Gasteiger partial charge in [0.15, 0.2) is 11.6 Å². The molecule has 154 valence electrons. The lowest BCUT2D eigenvalue weighted by Crippen LogP contribution is -2.52. The molecule has 2 N–H and O–H groups in total. The molecule has 1 aromatic heterocycles. The summed E-state index contributed by atoms with van der Waals surface area (Å²) in [5, 5.41) is 17.0. The second kappa shape index (κ2) is 9.58. The van der Waals surface area contributed by atoms with Crippen LogP contribution in [0.5, 0.6) is 0 Å². The van der Waals surface area contributed by atoms with E-state index in [4.69, 9.17) is 0 Å². The summed E-state index contributed by atoms with van der Waals surface area (Å²) in [6, 6.07) is 6.37.